The van der Waals surface area contributed by atoms with Crippen molar-refractivity contribution >= 4 is 23.2 Å². The van der Waals surface area contributed by atoms with E-state index in [-0.39, 0.29) is 5.91 Å². The number of ether oxygens (including phenoxy) is 2. The monoisotopic (exact) mass is 388 g/mol. The molecule has 0 spiro atoms. The normalized spacial score (nSPS) is 15.8. The molecule has 0 saturated carbocycles. The summed E-state index contributed by atoms with van der Waals surface area (Å²) in [6, 6.07) is 15.2. The fraction of sp³-hybridized carbons (Fsp3) is 0.381. The van der Waals surface area contributed by atoms with Crippen molar-refractivity contribution in [3.05, 3.63) is 53.6 Å². The molecule has 1 aliphatic rings. The average molecular weight is 389 g/mol. The Morgan fingerprint density at radius 2 is 1.81 bits per heavy atom. The summed E-state index contributed by atoms with van der Waals surface area (Å²) in [5, 5.41) is 0.594. The Bertz CT molecular complexity index is 766. The third kappa shape index (κ3) is 5.07. The summed E-state index contributed by atoms with van der Waals surface area (Å²) in [6.45, 7) is 4.90. The van der Waals surface area contributed by atoms with E-state index in [9.17, 15) is 4.79 Å². The lowest BCUT2D eigenvalue weighted by Gasteiger charge is -2.26. The van der Waals surface area contributed by atoms with E-state index in [1.165, 1.54) is 0 Å². The van der Waals surface area contributed by atoms with Crippen LogP contribution in [-0.2, 0) is 4.79 Å². The lowest BCUT2D eigenvalue weighted by atomic mass is 10.2. The number of benzene rings is 2. The van der Waals surface area contributed by atoms with Gasteiger partial charge in [-0.15, -0.1) is 0 Å². The molecular formula is C21H25ClN2O3. The van der Waals surface area contributed by atoms with E-state index in [1.807, 2.05) is 29.2 Å². The number of methoxy groups -OCH3 is 1. The zero-order valence-electron chi connectivity index (χ0n) is 15.7. The minimum absolute atomic E-state index is 0.00607. The summed E-state index contributed by atoms with van der Waals surface area (Å²) < 4.78 is 11.0. The van der Waals surface area contributed by atoms with Gasteiger partial charge < -0.3 is 19.3 Å². The van der Waals surface area contributed by atoms with Gasteiger partial charge >= 0.3 is 0 Å². The van der Waals surface area contributed by atoms with E-state index in [0.717, 1.165) is 37.5 Å². The molecule has 5 nitrogen and oxygen atoms in total. The fourth-order valence-electron chi connectivity index (χ4n) is 3.24. The molecular weight excluding hydrogens is 364 g/mol. The van der Waals surface area contributed by atoms with Gasteiger partial charge in [0.1, 0.15) is 11.5 Å². The molecule has 1 saturated heterocycles. The number of anilines is 1. The first-order valence-corrected chi connectivity index (χ1v) is 9.54. The van der Waals surface area contributed by atoms with Gasteiger partial charge in [-0.3, -0.25) is 4.79 Å². The molecule has 0 bridgehead atoms. The number of hydrogen-bond donors (Lipinski definition) is 0. The highest BCUT2D eigenvalue weighted by atomic mass is 35.5. The smallest absolute Gasteiger partial charge is 0.263 e. The van der Waals surface area contributed by atoms with Crippen LogP contribution in [0.15, 0.2) is 48.5 Å². The van der Waals surface area contributed by atoms with E-state index in [0.29, 0.717) is 17.3 Å². The summed E-state index contributed by atoms with van der Waals surface area (Å²) in [5.41, 5.74) is 1.15. The molecule has 2 aromatic carbocycles. The van der Waals surface area contributed by atoms with Gasteiger partial charge in [-0.05, 0) is 55.8 Å². The van der Waals surface area contributed by atoms with Crippen molar-refractivity contribution in [2.24, 2.45) is 0 Å². The van der Waals surface area contributed by atoms with Crippen LogP contribution in [0.25, 0.3) is 0 Å². The molecule has 1 atom stereocenters. The molecule has 6 heteroatoms. The van der Waals surface area contributed by atoms with Gasteiger partial charge in [0.15, 0.2) is 6.10 Å². The molecule has 0 aliphatic carbocycles. The van der Waals surface area contributed by atoms with E-state index >= 15 is 0 Å². The zero-order chi connectivity index (χ0) is 19.2. The molecule has 27 heavy (non-hydrogen) atoms. The Hall–Kier alpha value is -2.40. The van der Waals surface area contributed by atoms with E-state index < -0.39 is 6.10 Å². The number of carbonyl (C=O) groups is 1. The second-order valence-electron chi connectivity index (χ2n) is 6.58. The largest absolute Gasteiger partial charge is 0.497 e. The summed E-state index contributed by atoms with van der Waals surface area (Å²) in [7, 11) is 1.66. The third-order valence-electron chi connectivity index (χ3n) is 4.70. The number of carbonyl (C=O) groups excluding carboxylic acids is 1. The number of nitrogens with zero attached hydrogens (tertiary/aromatic N) is 2. The maximum atomic E-state index is 12.8. The summed E-state index contributed by atoms with van der Waals surface area (Å²) >= 11 is 5.98. The number of amides is 1. The van der Waals surface area contributed by atoms with Crippen molar-refractivity contribution in [2.75, 3.05) is 38.2 Å². The van der Waals surface area contributed by atoms with Crippen molar-refractivity contribution in [2.45, 2.75) is 19.4 Å². The van der Waals surface area contributed by atoms with Crippen molar-refractivity contribution in [1.82, 2.24) is 4.90 Å². The molecule has 1 heterocycles. The van der Waals surface area contributed by atoms with Crippen LogP contribution in [0.1, 0.15) is 13.3 Å². The van der Waals surface area contributed by atoms with Crippen LogP contribution >= 0.6 is 11.6 Å². The Kier molecular flexibility index (Phi) is 6.45. The maximum absolute atomic E-state index is 12.8. The number of hydrogen-bond acceptors (Lipinski definition) is 4. The van der Waals surface area contributed by atoms with Crippen molar-refractivity contribution < 1.29 is 14.3 Å². The van der Waals surface area contributed by atoms with Gasteiger partial charge in [0, 0.05) is 36.9 Å². The summed E-state index contributed by atoms with van der Waals surface area (Å²) in [6.07, 6.45) is 0.373. The lowest BCUT2D eigenvalue weighted by Crippen LogP contribution is -2.42. The minimum Gasteiger partial charge on any atom is -0.497 e. The van der Waals surface area contributed by atoms with Gasteiger partial charge in [0.25, 0.3) is 5.91 Å². The minimum atomic E-state index is -0.545. The Morgan fingerprint density at radius 3 is 2.52 bits per heavy atom. The Labute approximate surface area is 165 Å². The van der Waals surface area contributed by atoms with Crippen LogP contribution in [-0.4, -0.2) is 50.2 Å². The van der Waals surface area contributed by atoms with Crippen LogP contribution in [0.4, 0.5) is 5.69 Å². The van der Waals surface area contributed by atoms with Gasteiger partial charge in [-0.1, -0.05) is 17.7 Å². The SMILES string of the molecule is COc1ccc(N2CCCN(C(=O)C(C)Oc3cccc(Cl)c3)CC2)cc1. The quantitative estimate of drug-likeness (QED) is 0.780. The molecule has 1 aliphatic heterocycles. The lowest BCUT2D eigenvalue weighted by molar-refractivity contribution is -0.137. The maximum Gasteiger partial charge on any atom is 0.263 e. The van der Waals surface area contributed by atoms with E-state index in [1.54, 1.807) is 26.2 Å². The predicted octanol–water partition coefficient (Wildman–Crippen LogP) is 3.85. The Balaban J connectivity index is 1.58. The van der Waals surface area contributed by atoms with Crippen molar-refractivity contribution in [3.63, 3.8) is 0 Å². The van der Waals surface area contributed by atoms with Gasteiger partial charge in [0.2, 0.25) is 0 Å². The highest BCUT2D eigenvalue weighted by Crippen LogP contribution is 2.22. The first kappa shape index (κ1) is 19.4. The fourth-order valence-corrected chi connectivity index (χ4v) is 3.42. The zero-order valence-corrected chi connectivity index (χ0v) is 16.5. The number of halogens is 1. The first-order valence-electron chi connectivity index (χ1n) is 9.17. The van der Waals surface area contributed by atoms with Gasteiger partial charge in [0.05, 0.1) is 7.11 Å². The molecule has 1 amide bonds. The predicted molar refractivity (Wildman–Crippen MR) is 108 cm³/mol. The van der Waals surface area contributed by atoms with Crippen LogP contribution in [0.3, 0.4) is 0 Å². The van der Waals surface area contributed by atoms with Crippen LogP contribution in [0.5, 0.6) is 11.5 Å². The average Bonchev–Trinajstić information content (AvgIpc) is 2.93. The van der Waals surface area contributed by atoms with Crippen LogP contribution < -0.4 is 14.4 Å². The molecule has 1 unspecified atom stereocenters. The van der Waals surface area contributed by atoms with Crippen LogP contribution in [0.2, 0.25) is 5.02 Å². The molecule has 144 valence electrons. The van der Waals surface area contributed by atoms with Crippen molar-refractivity contribution in [3.8, 4) is 11.5 Å². The topological polar surface area (TPSA) is 42.0 Å². The molecule has 3 rings (SSSR count). The second-order valence-corrected chi connectivity index (χ2v) is 7.02. The molecule has 0 aromatic heterocycles. The second kappa shape index (κ2) is 9.00. The van der Waals surface area contributed by atoms with Crippen molar-refractivity contribution in [1.29, 1.82) is 0 Å². The molecule has 0 radical (unpaired) electrons. The first-order chi connectivity index (χ1) is 13.1. The van der Waals surface area contributed by atoms with Crippen LogP contribution in [0, 0.1) is 0 Å². The molecule has 1 fully saturated rings. The molecule has 2 aromatic rings. The summed E-state index contributed by atoms with van der Waals surface area (Å²) in [5.74, 6) is 1.46. The summed E-state index contributed by atoms with van der Waals surface area (Å²) in [4.78, 5) is 17.0. The third-order valence-corrected chi connectivity index (χ3v) is 4.94. The van der Waals surface area contributed by atoms with Gasteiger partial charge in [-0.2, -0.15) is 0 Å². The Morgan fingerprint density at radius 1 is 1.04 bits per heavy atom. The number of rotatable bonds is 5. The van der Waals surface area contributed by atoms with E-state index in [4.69, 9.17) is 21.1 Å². The standard InChI is InChI=1S/C21H25ClN2O3/c1-16(27-20-6-3-5-17(22)15-20)21(25)24-12-4-11-23(13-14-24)18-7-9-19(26-2)10-8-18/h3,5-10,15-16H,4,11-14H2,1-2H3. The van der Waals surface area contributed by atoms with Gasteiger partial charge in [-0.25, -0.2) is 0 Å². The highest BCUT2D eigenvalue weighted by Gasteiger charge is 2.24. The van der Waals surface area contributed by atoms with E-state index in [2.05, 4.69) is 17.0 Å². The highest BCUT2D eigenvalue weighted by molar-refractivity contribution is 6.30. The molecule has 0 N–H and O–H groups in total.